The summed E-state index contributed by atoms with van der Waals surface area (Å²) in [5, 5.41) is 19.9. The summed E-state index contributed by atoms with van der Waals surface area (Å²) in [5.41, 5.74) is 13.7. The molecule has 1 aromatic carbocycles. The van der Waals surface area contributed by atoms with Gasteiger partial charge in [-0.15, -0.1) is 0 Å². The number of fused-ring (bicyclic) bond motifs is 3. The molecular weight excluding hydrogens is 414 g/mol. The van der Waals surface area contributed by atoms with Gasteiger partial charge in [-0.2, -0.15) is 0 Å². The summed E-state index contributed by atoms with van der Waals surface area (Å²) < 4.78 is 0. The van der Waals surface area contributed by atoms with E-state index in [0.29, 0.717) is 30.0 Å². The van der Waals surface area contributed by atoms with Crippen molar-refractivity contribution in [1.29, 1.82) is 0 Å². The molecule has 0 radical (unpaired) electrons. The van der Waals surface area contributed by atoms with Gasteiger partial charge in [0.15, 0.2) is 0 Å². The van der Waals surface area contributed by atoms with Crippen molar-refractivity contribution in [3.8, 4) is 22.5 Å². The van der Waals surface area contributed by atoms with E-state index in [4.69, 9.17) is 10.7 Å². The third-order valence-corrected chi connectivity index (χ3v) is 6.98. The molecular formula is C27H31N3O3. The highest BCUT2D eigenvalue weighted by Gasteiger charge is 2.36. The first-order valence-corrected chi connectivity index (χ1v) is 11.8. The molecule has 6 heteroatoms. The van der Waals surface area contributed by atoms with E-state index in [9.17, 15) is 15.0 Å². The zero-order valence-corrected chi connectivity index (χ0v) is 19.2. The van der Waals surface area contributed by atoms with E-state index in [2.05, 4.69) is 35.3 Å². The number of hydrogen-bond acceptors (Lipinski definition) is 4. The van der Waals surface area contributed by atoms with Gasteiger partial charge in [0, 0.05) is 29.1 Å². The van der Waals surface area contributed by atoms with Crippen molar-refractivity contribution in [1.82, 2.24) is 9.97 Å². The van der Waals surface area contributed by atoms with E-state index in [-0.39, 0.29) is 6.04 Å². The first-order chi connectivity index (χ1) is 15.7. The second-order valence-electron chi connectivity index (χ2n) is 10.2. The minimum absolute atomic E-state index is 0.261. The average molecular weight is 446 g/mol. The van der Waals surface area contributed by atoms with Crippen molar-refractivity contribution in [2.75, 3.05) is 0 Å². The Hall–Kier alpha value is -2.96. The number of pyridine rings is 1. The van der Waals surface area contributed by atoms with Crippen LogP contribution in [-0.2, 0) is 19.3 Å². The van der Waals surface area contributed by atoms with Crippen LogP contribution in [-0.4, -0.2) is 31.8 Å². The van der Waals surface area contributed by atoms with Crippen molar-refractivity contribution in [2.45, 2.75) is 64.0 Å². The Labute approximate surface area is 193 Å². The lowest BCUT2D eigenvalue weighted by Gasteiger charge is -2.18. The summed E-state index contributed by atoms with van der Waals surface area (Å²) in [4.78, 5) is 20.3. The van der Waals surface area contributed by atoms with E-state index in [1.54, 1.807) is 0 Å². The summed E-state index contributed by atoms with van der Waals surface area (Å²) in [6, 6.07) is 10.1. The largest absolute Gasteiger partial charge is 0.478 e. The highest BCUT2D eigenvalue weighted by Crippen LogP contribution is 2.44. The van der Waals surface area contributed by atoms with Crippen LogP contribution in [0.5, 0.6) is 0 Å². The molecule has 2 aromatic heterocycles. The second-order valence-corrected chi connectivity index (χ2v) is 10.2. The number of benzene rings is 1. The van der Waals surface area contributed by atoms with Crippen LogP contribution in [0, 0.1) is 5.92 Å². The number of aromatic amines is 1. The molecule has 172 valence electrons. The molecule has 33 heavy (non-hydrogen) atoms. The number of aromatic nitrogens is 2. The maximum atomic E-state index is 12.1. The summed E-state index contributed by atoms with van der Waals surface area (Å²) in [7, 11) is 0. The lowest BCUT2D eigenvalue weighted by molar-refractivity contribution is 0.0691. The standard InChI is InChI=1S/C27H31N3O3/c1-27(2,33)12-11-15-3-5-16(6-4-15)21-13-20-18(14-29-21)9-10-19-22(26(31)32)25(30-24(19)20)23(28)17-7-8-17/h3-6,13-14,17,23,30,33H,7-12,28H2,1-2H3,(H,31,32). The van der Waals surface area contributed by atoms with Crippen molar-refractivity contribution in [3.63, 3.8) is 0 Å². The Morgan fingerprint density at radius 2 is 1.97 bits per heavy atom. The Morgan fingerprint density at radius 3 is 2.61 bits per heavy atom. The van der Waals surface area contributed by atoms with E-state index < -0.39 is 11.6 Å². The lowest BCUT2D eigenvalue weighted by Crippen LogP contribution is -2.19. The molecule has 2 heterocycles. The van der Waals surface area contributed by atoms with E-state index in [1.165, 1.54) is 5.56 Å². The number of aliphatic hydroxyl groups is 1. The van der Waals surface area contributed by atoms with Gasteiger partial charge in [0.2, 0.25) is 0 Å². The van der Waals surface area contributed by atoms with Gasteiger partial charge in [-0.3, -0.25) is 4.98 Å². The number of aromatic carboxylic acids is 1. The predicted octanol–water partition coefficient (Wildman–Crippen LogP) is 4.65. The van der Waals surface area contributed by atoms with E-state index >= 15 is 0 Å². The molecule has 0 saturated heterocycles. The van der Waals surface area contributed by atoms with Crippen LogP contribution in [0.4, 0.5) is 0 Å². The number of carboxylic acid groups (broad SMARTS) is 1. The predicted molar refractivity (Wildman–Crippen MR) is 128 cm³/mol. The molecule has 2 aliphatic carbocycles. The summed E-state index contributed by atoms with van der Waals surface area (Å²) in [6.45, 7) is 3.65. The molecule has 3 aromatic rings. The summed E-state index contributed by atoms with van der Waals surface area (Å²) in [5.74, 6) is -0.538. The molecule has 2 aliphatic rings. The number of H-pyrrole nitrogens is 1. The van der Waals surface area contributed by atoms with Gasteiger partial charge in [-0.25, -0.2) is 4.79 Å². The number of carboxylic acids is 1. The van der Waals surface area contributed by atoms with Gasteiger partial charge in [0.1, 0.15) is 0 Å². The Morgan fingerprint density at radius 1 is 1.24 bits per heavy atom. The number of nitrogens with two attached hydrogens (primary N) is 1. The normalized spacial score (nSPS) is 16.2. The van der Waals surface area contributed by atoms with Crippen LogP contribution in [0.25, 0.3) is 22.5 Å². The first kappa shape index (κ1) is 21.9. The van der Waals surface area contributed by atoms with Gasteiger partial charge >= 0.3 is 5.97 Å². The molecule has 1 unspecified atom stereocenters. The number of hydrogen-bond donors (Lipinski definition) is 4. The van der Waals surface area contributed by atoms with E-state index in [1.807, 2.05) is 20.0 Å². The minimum atomic E-state index is -0.905. The number of carbonyl (C=O) groups is 1. The minimum Gasteiger partial charge on any atom is -0.478 e. The fraction of sp³-hybridized carbons (Fsp3) is 0.407. The lowest BCUT2D eigenvalue weighted by atomic mass is 9.88. The van der Waals surface area contributed by atoms with Gasteiger partial charge in [0.05, 0.1) is 22.6 Å². The highest BCUT2D eigenvalue weighted by atomic mass is 16.4. The number of aryl methyl sites for hydroxylation is 2. The summed E-state index contributed by atoms with van der Waals surface area (Å²) in [6.07, 6.45) is 6.99. The molecule has 1 saturated carbocycles. The molecule has 6 nitrogen and oxygen atoms in total. The van der Waals surface area contributed by atoms with Gasteiger partial charge < -0.3 is 20.9 Å². The van der Waals surface area contributed by atoms with Crippen LogP contribution < -0.4 is 5.73 Å². The van der Waals surface area contributed by atoms with Crippen molar-refractivity contribution in [2.24, 2.45) is 11.7 Å². The highest BCUT2D eigenvalue weighted by molar-refractivity contribution is 5.95. The molecule has 5 N–H and O–H groups in total. The van der Waals surface area contributed by atoms with E-state index in [0.717, 1.165) is 59.3 Å². The Kier molecular flexibility index (Phi) is 5.38. The van der Waals surface area contributed by atoms with Crippen LogP contribution in [0.1, 0.15) is 71.9 Å². The molecule has 0 spiro atoms. The molecule has 1 fully saturated rings. The topological polar surface area (TPSA) is 112 Å². The smallest absolute Gasteiger partial charge is 0.337 e. The van der Waals surface area contributed by atoms with Crippen molar-refractivity contribution in [3.05, 3.63) is 64.5 Å². The Balaban J connectivity index is 1.49. The molecule has 0 bridgehead atoms. The number of rotatable bonds is 7. The van der Waals surface area contributed by atoms with Gasteiger partial charge in [-0.05, 0) is 81.0 Å². The van der Waals surface area contributed by atoms with Crippen LogP contribution in [0.15, 0.2) is 36.5 Å². The Bertz CT molecular complexity index is 1200. The van der Waals surface area contributed by atoms with Crippen molar-refractivity contribution < 1.29 is 15.0 Å². The maximum Gasteiger partial charge on any atom is 0.337 e. The zero-order chi connectivity index (χ0) is 23.3. The average Bonchev–Trinajstić information content (AvgIpc) is 3.55. The monoisotopic (exact) mass is 445 g/mol. The second kappa shape index (κ2) is 8.12. The van der Waals surface area contributed by atoms with Gasteiger partial charge in [-0.1, -0.05) is 24.3 Å². The first-order valence-electron chi connectivity index (χ1n) is 11.8. The van der Waals surface area contributed by atoms with Crippen LogP contribution >= 0.6 is 0 Å². The molecule has 1 atom stereocenters. The fourth-order valence-electron chi connectivity index (χ4n) is 4.85. The fourth-order valence-corrected chi connectivity index (χ4v) is 4.85. The zero-order valence-electron chi connectivity index (χ0n) is 19.2. The SMILES string of the molecule is CC(C)(O)CCc1ccc(-c2cc3c(cn2)CCc2c-3[nH]c(C(N)C3CC3)c2C(=O)O)cc1. The number of nitrogens with one attached hydrogen (secondary N) is 1. The third-order valence-electron chi connectivity index (χ3n) is 6.98. The van der Waals surface area contributed by atoms with Crippen molar-refractivity contribution >= 4 is 5.97 Å². The molecule has 0 aliphatic heterocycles. The summed E-state index contributed by atoms with van der Waals surface area (Å²) >= 11 is 0. The van der Waals surface area contributed by atoms with Gasteiger partial charge in [0.25, 0.3) is 0 Å². The number of nitrogens with zero attached hydrogens (tertiary/aromatic N) is 1. The quantitative estimate of drug-likeness (QED) is 0.423. The van der Waals surface area contributed by atoms with Crippen LogP contribution in [0.2, 0.25) is 0 Å². The molecule has 0 amide bonds. The van der Waals surface area contributed by atoms with Crippen LogP contribution in [0.3, 0.4) is 0 Å². The third kappa shape index (κ3) is 4.33. The maximum absolute atomic E-state index is 12.1. The molecule has 5 rings (SSSR count).